The maximum atomic E-state index is 13.8. The van der Waals surface area contributed by atoms with Gasteiger partial charge in [-0.05, 0) is 73.5 Å². The largest absolute Gasteiger partial charge is 0.481 e. The predicted molar refractivity (Wildman–Crippen MR) is 149 cm³/mol. The fourth-order valence-corrected chi connectivity index (χ4v) is 5.72. The van der Waals surface area contributed by atoms with Crippen molar-refractivity contribution in [2.45, 2.75) is 56.9 Å². The number of piperidine rings is 1. The number of likely N-dealkylation sites (tertiary alicyclic amines) is 1. The number of carbonyl (C=O) groups excluding carboxylic acids is 1. The standard InChI is InChI=1S/C32H37FN2O3/c1-2-32(23-30(36)37,25-11-4-3-5-12-25)18-9-19-35-20-16-27(17-21-35)34-31(38)29-15-7-6-14-28(29)24-10-8-13-26(33)22-24/h3-8,10-15,22,27H,2,9,16-21,23H2,1H3,(H,34,38)(H,36,37). The molecule has 1 aliphatic rings. The van der Waals surface area contributed by atoms with Crippen LogP contribution in [-0.2, 0) is 10.2 Å². The molecule has 2 N–H and O–H groups in total. The van der Waals surface area contributed by atoms with E-state index in [2.05, 4.69) is 17.1 Å². The van der Waals surface area contributed by atoms with Crippen LogP contribution in [0.4, 0.5) is 4.39 Å². The molecule has 5 nitrogen and oxygen atoms in total. The molecule has 1 aliphatic heterocycles. The molecule has 0 spiro atoms. The molecule has 1 amide bonds. The third-order valence-corrected chi connectivity index (χ3v) is 7.91. The van der Waals surface area contributed by atoms with Crippen molar-refractivity contribution in [3.8, 4) is 11.1 Å². The molecule has 1 saturated heterocycles. The molecule has 6 heteroatoms. The number of rotatable bonds is 11. The summed E-state index contributed by atoms with van der Waals surface area (Å²) >= 11 is 0. The van der Waals surface area contributed by atoms with Gasteiger partial charge >= 0.3 is 5.97 Å². The van der Waals surface area contributed by atoms with E-state index in [1.165, 1.54) is 12.1 Å². The quantitative estimate of drug-likeness (QED) is 0.314. The first-order valence-corrected chi connectivity index (χ1v) is 13.6. The third kappa shape index (κ3) is 6.87. The van der Waals surface area contributed by atoms with Crippen molar-refractivity contribution in [1.82, 2.24) is 10.2 Å². The number of nitrogens with zero attached hydrogens (tertiary/aromatic N) is 1. The van der Waals surface area contributed by atoms with E-state index in [1.54, 1.807) is 12.1 Å². The highest BCUT2D eigenvalue weighted by Gasteiger charge is 2.33. The van der Waals surface area contributed by atoms with Gasteiger partial charge in [0.25, 0.3) is 5.91 Å². The normalized spacial score (nSPS) is 16.1. The van der Waals surface area contributed by atoms with Gasteiger partial charge in [0, 0.05) is 30.1 Å². The van der Waals surface area contributed by atoms with Crippen LogP contribution in [0.3, 0.4) is 0 Å². The SMILES string of the molecule is CCC(CCCN1CCC(NC(=O)c2ccccc2-c2cccc(F)c2)CC1)(CC(=O)O)c1ccccc1. The van der Waals surface area contributed by atoms with Crippen LogP contribution in [0, 0.1) is 5.82 Å². The van der Waals surface area contributed by atoms with Crippen LogP contribution in [0.2, 0.25) is 0 Å². The van der Waals surface area contributed by atoms with Gasteiger partial charge in [-0.3, -0.25) is 9.59 Å². The highest BCUT2D eigenvalue weighted by molar-refractivity contribution is 6.01. The Morgan fingerprint density at radius 1 is 1.00 bits per heavy atom. The van der Waals surface area contributed by atoms with Crippen LogP contribution in [0.15, 0.2) is 78.9 Å². The fraction of sp³-hybridized carbons (Fsp3) is 0.375. The average molecular weight is 517 g/mol. The molecule has 4 rings (SSSR count). The molecule has 0 bridgehead atoms. The van der Waals surface area contributed by atoms with Gasteiger partial charge in [-0.2, -0.15) is 0 Å². The number of carboxylic acids is 1. The summed E-state index contributed by atoms with van der Waals surface area (Å²) in [5.41, 5.74) is 2.71. The Bertz CT molecular complexity index is 1220. The molecule has 1 unspecified atom stereocenters. The summed E-state index contributed by atoms with van der Waals surface area (Å²) in [5, 5.41) is 12.8. The number of carbonyl (C=O) groups is 2. The summed E-state index contributed by atoms with van der Waals surface area (Å²) in [7, 11) is 0. The lowest BCUT2D eigenvalue weighted by atomic mass is 9.72. The zero-order valence-electron chi connectivity index (χ0n) is 22.0. The maximum Gasteiger partial charge on any atom is 0.304 e. The number of nitrogens with one attached hydrogen (secondary N) is 1. The summed E-state index contributed by atoms with van der Waals surface area (Å²) in [4.78, 5) is 27.3. The van der Waals surface area contributed by atoms with E-state index < -0.39 is 5.97 Å². The minimum atomic E-state index is -0.758. The molecule has 1 heterocycles. The Labute approximate surface area is 224 Å². The van der Waals surface area contributed by atoms with Crippen molar-refractivity contribution in [2.75, 3.05) is 19.6 Å². The second-order valence-corrected chi connectivity index (χ2v) is 10.3. The van der Waals surface area contributed by atoms with Crippen molar-refractivity contribution < 1.29 is 19.1 Å². The summed E-state index contributed by atoms with van der Waals surface area (Å²) < 4.78 is 13.8. The number of aliphatic carboxylic acids is 1. The van der Waals surface area contributed by atoms with E-state index in [1.807, 2.05) is 54.6 Å². The van der Waals surface area contributed by atoms with E-state index >= 15 is 0 Å². The van der Waals surface area contributed by atoms with E-state index in [9.17, 15) is 19.1 Å². The van der Waals surface area contributed by atoms with Gasteiger partial charge in [-0.15, -0.1) is 0 Å². The van der Waals surface area contributed by atoms with Gasteiger partial charge in [-0.1, -0.05) is 67.6 Å². The first kappa shape index (κ1) is 27.5. The molecule has 0 radical (unpaired) electrons. The van der Waals surface area contributed by atoms with E-state index in [4.69, 9.17) is 0 Å². The van der Waals surface area contributed by atoms with Crippen molar-refractivity contribution >= 4 is 11.9 Å². The molecule has 200 valence electrons. The van der Waals surface area contributed by atoms with Crippen molar-refractivity contribution in [3.63, 3.8) is 0 Å². The van der Waals surface area contributed by atoms with Gasteiger partial charge in [0.2, 0.25) is 0 Å². The Morgan fingerprint density at radius 2 is 1.71 bits per heavy atom. The number of hydrogen-bond donors (Lipinski definition) is 2. The first-order chi connectivity index (χ1) is 18.4. The van der Waals surface area contributed by atoms with E-state index in [-0.39, 0.29) is 29.6 Å². The predicted octanol–water partition coefficient (Wildman–Crippen LogP) is 6.29. The number of benzene rings is 3. The van der Waals surface area contributed by atoms with Crippen LogP contribution >= 0.6 is 0 Å². The Hall–Kier alpha value is -3.51. The second kappa shape index (κ2) is 12.8. The fourth-order valence-electron chi connectivity index (χ4n) is 5.72. The minimum absolute atomic E-state index is 0.0883. The first-order valence-electron chi connectivity index (χ1n) is 13.6. The van der Waals surface area contributed by atoms with Crippen LogP contribution in [0.25, 0.3) is 11.1 Å². The smallest absolute Gasteiger partial charge is 0.304 e. The molecule has 1 atom stereocenters. The summed E-state index contributed by atoms with van der Waals surface area (Å²) in [5.74, 6) is -1.22. The van der Waals surface area contributed by atoms with Crippen LogP contribution < -0.4 is 5.32 Å². The number of carboxylic acid groups (broad SMARTS) is 1. The maximum absolute atomic E-state index is 13.8. The van der Waals surface area contributed by atoms with Crippen LogP contribution in [-0.4, -0.2) is 47.6 Å². The number of amides is 1. The minimum Gasteiger partial charge on any atom is -0.481 e. The topological polar surface area (TPSA) is 69.6 Å². The van der Waals surface area contributed by atoms with Gasteiger partial charge in [0.05, 0.1) is 6.42 Å². The molecule has 0 aliphatic carbocycles. The summed E-state index contributed by atoms with van der Waals surface area (Å²) in [6.07, 6.45) is 4.40. The zero-order chi connectivity index (χ0) is 27.0. The summed E-state index contributed by atoms with van der Waals surface area (Å²) in [6, 6.07) is 23.8. The Balaban J connectivity index is 1.30. The van der Waals surface area contributed by atoms with E-state index in [0.29, 0.717) is 11.1 Å². The number of halogens is 1. The van der Waals surface area contributed by atoms with Crippen molar-refractivity contribution in [2.24, 2.45) is 0 Å². The lowest BCUT2D eigenvalue weighted by Crippen LogP contribution is -2.45. The van der Waals surface area contributed by atoms with E-state index in [0.717, 1.165) is 62.9 Å². The Kier molecular flexibility index (Phi) is 9.29. The molecule has 0 aromatic heterocycles. The second-order valence-electron chi connectivity index (χ2n) is 10.3. The van der Waals surface area contributed by atoms with Gasteiger partial charge in [-0.25, -0.2) is 4.39 Å². The van der Waals surface area contributed by atoms with Crippen LogP contribution in [0.5, 0.6) is 0 Å². The monoisotopic (exact) mass is 516 g/mol. The molecule has 1 fully saturated rings. The number of hydrogen-bond acceptors (Lipinski definition) is 3. The van der Waals surface area contributed by atoms with Crippen molar-refractivity contribution in [1.29, 1.82) is 0 Å². The molecular weight excluding hydrogens is 479 g/mol. The molecule has 38 heavy (non-hydrogen) atoms. The van der Waals surface area contributed by atoms with Gasteiger partial charge in [0.1, 0.15) is 5.82 Å². The van der Waals surface area contributed by atoms with Gasteiger partial charge in [0.15, 0.2) is 0 Å². The lowest BCUT2D eigenvalue weighted by Gasteiger charge is -2.35. The molecule has 0 saturated carbocycles. The summed E-state index contributed by atoms with van der Waals surface area (Å²) in [6.45, 7) is 4.77. The third-order valence-electron chi connectivity index (χ3n) is 7.91. The lowest BCUT2D eigenvalue weighted by molar-refractivity contribution is -0.138. The Morgan fingerprint density at radius 3 is 2.39 bits per heavy atom. The average Bonchev–Trinajstić information content (AvgIpc) is 2.93. The molecule has 3 aromatic carbocycles. The zero-order valence-corrected chi connectivity index (χ0v) is 22.0. The van der Waals surface area contributed by atoms with Crippen LogP contribution in [0.1, 0.15) is 61.4 Å². The highest BCUT2D eigenvalue weighted by Crippen LogP contribution is 2.36. The van der Waals surface area contributed by atoms with Crippen molar-refractivity contribution in [3.05, 3.63) is 95.8 Å². The highest BCUT2D eigenvalue weighted by atomic mass is 19.1. The molecular formula is C32H37FN2O3. The molecule has 3 aromatic rings. The van der Waals surface area contributed by atoms with Gasteiger partial charge < -0.3 is 15.3 Å².